The molecule has 0 N–H and O–H groups in total. The van der Waals surface area contributed by atoms with Crippen molar-refractivity contribution >= 4 is 23.5 Å². The topological polar surface area (TPSA) is 52.6 Å². The predicted molar refractivity (Wildman–Crippen MR) is 90.3 cm³/mol. The summed E-state index contributed by atoms with van der Waals surface area (Å²) in [6.07, 6.45) is 0.128. The molecule has 0 amide bonds. The Hall–Kier alpha value is -1.55. The summed E-state index contributed by atoms with van der Waals surface area (Å²) in [7, 11) is 0. The van der Waals surface area contributed by atoms with Gasteiger partial charge in [-0.15, -0.1) is 0 Å². The van der Waals surface area contributed by atoms with Crippen LogP contribution in [0.15, 0.2) is 24.3 Å². The van der Waals surface area contributed by atoms with E-state index in [2.05, 4.69) is 0 Å². The first-order valence-electron chi connectivity index (χ1n) is 7.73. The molecular formula is C18H25ClO4. The number of esters is 2. The van der Waals surface area contributed by atoms with Crippen LogP contribution in [0.2, 0.25) is 5.02 Å². The maximum absolute atomic E-state index is 12.3. The van der Waals surface area contributed by atoms with E-state index in [1.807, 2.05) is 12.1 Å². The normalized spacial score (nSPS) is 12.8. The first-order chi connectivity index (χ1) is 10.6. The van der Waals surface area contributed by atoms with Crippen molar-refractivity contribution in [3.63, 3.8) is 0 Å². The van der Waals surface area contributed by atoms with Gasteiger partial charge in [0.1, 0.15) is 5.60 Å². The van der Waals surface area contributed by atoms with E-state index in [0.29, 0.717) is 11.4 Å². The minimum Gasteiger partial charge on any atom is -0.463 e. The van der Waals surface area contributed by atoms with E-state index in [1.165, 1.54) is 0 Å². The molecule has 4 nitrogen and oxygen atoms in total. The van der Waals surface area contributed by atoms with Crippen molar-refractivity contribution in [2.45, 2.75) is 59.2 Å². The highest BCUT2D eigenvalue weighted by atomic mass is 35.5. The average Bonchev–Trinajstić information content (AvgIpc) is 2.34. The molecule has 0 aliphatic rings. The molecule has 23 heavy (non-hydrogen) atoms. The van der Waals surface area contributed by atoms with Gasteiger partial charge in [-0.05, 0) is 58.7 Å². The summed E-state index contributed by atoms with van der Waals surface area (Å²) < 4.78 is 10.6. The standard InChI is InChI=1S/C18H25ClO4/c1-12(2)22-17(21)14(11-16(20)23-18(3,4)5)9-13-7-6-8-15(19)10-13/h6-8,10,12,14H,9,11H2,1-5H3/t14-/m0/s1. The number of carbonyl (C=O) groups excluding carboxylic acids is 2. The fourth-order valence-electron chi connectivity index (χ4n) is 2.10. The second-order valence-corrected chi connectivity index (χ2v) is 7.24. The lowest BCUT2D eigenvalue weighted by molar-refractivity contribution is -0.163. The second-order valence-electron chi connectivity index (χ2n) is 6.81. The number of hydrogen-bond acceptors (Lipinski definition) is 4. The van der Waals surface area contributed by atoms with E-state index in [4.69, 9.17) is 21.1 Å². The van der Waals surface area contributed by atoms with Crippen LogP contribution >= 0.6 is 11.6 Å². The van der Waals surface area contributed by atoms with E-state index in [0.717, 1.165) is 5.56 Å². The van der Waals surface area contributed by atoms with Crippen molar-refractivity contribution in [1.82, 2.24) is 0 Å². The van der Waals surface area contributed by atoms with Gasteiger partial charge in [-0.25, -0.2) is 0 Å². The van der Waals surface area contributed by atoms with Gasteiger partial charge in [0.25, 0.3) is 0 Å². The number of ether oxygens (including phenoxy) is 2. The first-order valence-corrected chi connectivity index (χ1v) is 8.11. The van der Waals surface area contributed by atoms with Gasteiger partial charge >= 0.3 is 11.9 Å². The van der Waals surface area contributed by atoms with Crippen LogP contribution in [0.3, 0.4) is 0 Å². The van der Waals surface area contributed by atoms with Gasteiger partial charge in [0.2, 0.25) is 0 Å². The van der Waals surface area contributed by atoms with Gasteiger partial charge in [0.15, 0.2) is 0 Å². The molecule has 1 aromatic carbocycles. The van der Waals surface area contributed by atoms with Crippen LogP contribution in [0.5, 0.6) is 0 Å². The van der Waals surface area contributed by atoms with E-state index >= 15 is 0 Å². The summed E-state index contributed by atoms with van der Waals surface area (Å²) in [6.45, 7) is 8.94. The lowest BCUT2D eigenvalue weighted by Gasteiger charge is -2.22. The summed E-state index contributed by atoms with van der Waals surface area (Å²) in [5.41, 5.74) is 0.298. The van der Waals surface area contributed by atoms with Gasteiger partial charge in [0, 0.05) is 5.02 Å². The molecule has 0 heterocycles. The van der Waals surface area contributed by atoms with Crippen LogP contribution in [0.1, 0.15) is 46.6 Å². The summed E-state index contributed by atoms with van der Waals surface area (Å²) in [4.78, 5) is 24.3. The monoisotopic (exact) mass is 340 g/mol. The quantitative estimate of drug-likeness (QED) is 0.729. The number of halogens is 1. The molecule has 0 radical (unpaired) electrons. The van der Waals surface area contributed by atoms with Gasteiger partial charge in [-0.3, -0.25) is 9.59 Å². The molecule has 0 saturated heterocycles. The minimum absolute atomic E-state index is 0.0185. The third-order valence-electron chi connectivity index (χ3n) is 2.89. The molecule has 1 aromatic rings. The molecule has 0 spiro atoms. The minimum atomic E-state index is -0.592. The zero-order valence-electron chi connectivity index (χ0n) is 14.4. The molecule has 0 aromatic heterocycles. The summed E-state index contributed by atoms with van der Waals surface area (Å²) in [5, 5.41) is 0.593. The van der Waals surface area contributed by atoms with E-state index < -0.39 is 23.5 Å². The number of carbonyl (C=O) groups is 2. The summed E-state index contributed by atoms with van der Waals surface area (Å²) >= 11 is 5.98. The van der Waals surface area contributed by atoms with Crippen LogP contribution in [0, 0.1) is 5.92 Å². The highest BCUT2D eigenvalue weighted by molar-refractivity contribution is 6.30. The Morgan fingerprint density at radius 3 is 2.39 bits per heavy atom. The Balaban J connectivity index is 2.84. The van der Waals surface area contributed by atoms with Crippen LogP contribution in [-0.2, 0) is 25.5 Å². The van der Waals surface area contributed by atoms with E-state index in [1.54, 1.807) is 46.8 Å². The van der Waals surface area contributed by atoms with E-state index in [-0.39, 0.29) is 12.5 Å². The van der Waals surface area contributed by atoms with Gasteiger partial charge in [-0.1, -0.05) is 23.7 Å². The zero-order chi connectivity index (χ0) is 17.6. The van der Waals surface area contributed by atoms with Crippen molar-refractivity contribution < 1.29 is 19.1 Å². The Morgan fingerprint density at radius 1 is 1.22 bits per heavy atom. The molecule has 5 heteroatoms. The molecular weight excluding hydrogens is 316 g/mol. The third kappa shape index (κ3) is 8.03. The van der Waals surface area contributed by atoms with Crippen molar-refractivity contribution in [1.29, 1.82) is 0 Å². The summed E-state index contributed by atoms with van der Waals surface area (Å²) in [6, 6.07) is 7.24. The molecule has 0 aliphatic heterocycles. The highest BCUT2D eigenvalue weighted by Gasteiger charge is 2.27. The molecule has 128 valence electrons. The Bertz CT molecular complexity index is 546. The third-order valence-corrected chi connectivity index (χ3v) is 3.12. The van der Waals surface area contributed by atoms with Crippen molar-refractivity contribution in [2.75, 3.05) is 0 Å². The average molecular weight is 341 g/mol. The van der Waals surface area contributed by atoms with Crippen molar-refractivity contribution in [2.24, 2.45) is 5.92 Å². The van der Waals surface area contributed by atoms with Gasteiger partial charge < -0.3 is 9.47 Å². The van der Waals surface area contributed by atoms with Crippen LogP contribution in [0.4, 0.5) is 0 Å². The molecule has 0 aliphatic carbocycles. The maximum atomic E-state index is 12.3. The fourth-order valence-corrected chi connectivity index (χ4v) is 2.31. The Kier molecular flexibility index (Phi) is 7.07. The number of benzene rings is 1. The number of rotatable bonds is 6. The molecule has 0 saturated carbocycles. The Labute approximate surface area is 143 Å². The second kappa shape index (κ2) is 8.34. The predicted octanol–water partition coefficient (Wildman–Crippen LogP) is 4.18. The van der Waals surface area contributed by atoms with Gasteiger partial charge in [-0.2, -0.15) is 0 Å². The molecule has 1 atom stereocenters. The van der Waals surface area contributed by atoms with E-state index in [9.17, 15) is 9.59 Å². The van der Waals surface area contributed by atoms with Crippen molar-refractivity contribution in [3.8, 4) is 0 Å². The van der Waals surface area contributed by atoms with Crippen molar-refractivity contribution in [3.05, 3.63) is 34.9 Å². The highest BCUT2D eigenvalue weighted by Crippen LogP contribution is 2.20. The lowest BCUT2D eigenvalue weighted by Crippen LogP contribution is -2.30. The van der Waals surface area contributed by atoms with Crippen LogP contribution in [-0.4, -0.2) is 23.6 Å². The maximum Gasteiger partial charge on any atom is 0.310 e. The molecule has 0 unspecified atom stereocenters. The molecule has 1 rings (SSSR count). The zero-order valence-corrected chi connectivity index (χ0v) is 15.1. The fraction of sp³-hybridized carbons (Fsp3) is 0.556. The van der Waals surface area contributed by atoms with Crippen LogP contribution in [0.25, 0.3) is 0 Å². The SMILES string of the molecule is CC(C)OC(=O)[C@H](CC(=O)OC(C)(C)C)Cc1cccc(Cl)c1. The lowest BCUT2D eigenvalue weighted by atomic mass is 9.96. The van der Waals surface area contributed by atoms with Gasteiger partial charge in [0.05, 0.1) is 18.4 Å². The smallest absolute Gasteiger partial charge is 0.310 e. The largest absolute Gasteiger partial charge is 0.463 e. The van der Waals surface area contributed by atoms with Crippen LogP contribution < -0.4 is 0 Å². The number of hydrogen-bond donors (Lipinski definition) is 0. The Morgan fingerprint density at radius 2 is 1.87 bits per heavy atom. The molecule has 0 fully saturated rings. The summed E-state index contributed by atoms with van der Waals surface area (Å²) in [5.74, 6) is -1.40. The molecule has 0 bridgehead atoms. The first kappa shape index (κ1) is 19.5.